The Kier molecular flexibility index (Phi) is 15.3. The molecule has 2 fully saturated rings. The number of fused-ring (bicyclic) bond motifs is 5. The minimum atomic E-state index is -3.71. The molecule has 6 atom stereocenters. The number of hydrogen-bond donors (Lipinski definition) is 3. The van der Waals surface area contributed by atoms with Gasteiger partial charge in [0, 0.05) is 7.11 Å². The van der Waals surface area contributed by atoms with Crippen molar-refractivity contribution in [2.24, 2.45) is 23.0 Å². The molecule has 0 radical (unpaired) electrons. The fraction of sp³-hybridized carbons (Fsp3) is 0.667. The molecule has 2 amide bonds. The number of phosphoric ester groups is 1. The lowest BCUT2D eigenvalue weighted by atomic mass is 9.55. The van der Waals surface area contributed by atoms with E-state index in [1.807, 2.05) is 12.1 Å². The number of hydrogen-bond acceptors (Lipinski definition) is 9. The number of anilines is 1. The molecule has 0 heterocycles. The molecule has 0 aromatic heterocycles. The predicted molar refractivity (Wildman–Crippen MR) is 210 cm³/mol. The molecule has 0 spiro atoms. The third kappa shape index (κ3) is 10.2. The zero-order valence-corrected chi connectivity index (χ0v) is 33.8. The molecule has 54 heavy (non-hydrogen) atoms. The maximum Gasteiger partial charge on any atom is 0.529 e. The highest BCUT2D eigenvalue weighted by atomic mass is 31.2. The van der Waals surface area contributed by atoms with Gasteiger partial charge in [0.15, 0.2) is 5.75 Å². The quantitative estimate of drug-likeness (QED) is 0.0603. The summed E-state index contributed by atoms with van der Waals surface area (Å²) in [5.41, 5.74) is 7.96. The summed E-state index contributed by atoms with van der Waals surface area (Å²) in [4.78, 5) is 24.6. The van der Waals surface area contributed by atoms with Crippen molar-refractivity contribution in [1.29, 1.82) is 0 Å². The maximum atomic E-state index is 13.3. The number of nitrogens with two attached hydrogens (primary N) is 1. The monoisotopic (exact) mass is 770 g/mol. The van der Waals surface area contributed by atoms with Gasteiger partial charge in [-0.15, -0.1) is 0 Å². The van der Waals surface area contributed by atoms with Gasteiger partial charge in [-0.05, 0) is 104 Å². The molecule has 300 valence electrons. The van der Waals surface area contributed by atoms with Crippen LogP contribution < -0.4 is 20.3 Å². The summed E-state index contributed by atoms with van der Waals surface area (Å²) in [6.45, 7) is 5.21. The van der Waals surface area contributed by atoms with Crippen molar-refractivity contribution in [1.82, 2.24) is 0 Å². The summed E-state index contributed by atoms with van der Waals surface area (Å²) in [5, 5.41) is 13.2. The van der Waals surface area contributed by atoms with Crippen LogP contribution in [-0.2, 0) is 29.6 Å². The Labute approximate surface area is 322 Å². The lowest BCUT2D eigenvalue weighted by Crippen LogP contribution is -2.44. The van der Waals surface area contributed by atoms with E-state index in [9.17, 15) is 19.3 Å². The summed E-state index contributed by atoms with van der Waals surface area (Å²) in [5.74, 6) is 0.581. The summed E-state index contributed by atoms with van der Waals surface area (Å²) < 4.78 is 41.7. The first-order chi connectivity index (χ1) is 26.0. The zero-order valence-electron chi connectivity index (χ0n) is 32.9. The molecular weight excluding hydrogens is 707 g/mol. The number of ether oxygens (including phenoxy) is 2. The lowest BCUT2D eigenvalue weighted by Gasteiger charge is -2.50. The molecule has 2 saturated carbocycles. The number of unbranched alkanes of at least 4 members (excludes halogenated alkanes) is 9. The third-order valence-electron chi connectivity index (χ3n) is 12.3. The Bertz CT molecular complexity index is 1620. The number of benzene rings is 2. The molecule has 6 unspecified atom stereocenters. The predicted octanol–water partition coefficient (Wildman–Crippen LogP) is 9.84. The molecule has 0 saturated heterocycles. The summed E-state index contributed by atoms with van der Waals surface area (Å²) >= 11 is 0. The molecule has 12 heteroatoms. The first-order valence-electron chi connectivity index (χ1n) is 20.3. The van der Waals surface area contributed by atoms with Crippen molar-refractivity contribution in [2.45, 2.75) is 135 Å². The molecule has 2 aromatic carbocycles. The Hall–Kier alpha value is -3.11. The van der Waals surface area contributed by atoms with E-state index in [1.165, 1.54) is 82.4 Å². The van der Waals surface area contributed by atoms with Crippen LogP contribution in [0.15, 0.2) is 30.3 Å². The number of amides is 2. The van der Waals surface area contributed by atoms with Crippen LogP contribution in [0.1, 0.15) is 144 Å². The molecule has 11 nitrogen and oxygen atoms in total. The Morgan fingerprint density at radius 3 is 2.35 bits per heavy atom. The van der Waals surface area contributed by atoms with Gasteiger partial charge in [-0.1, -0.05) is 77.7 Å². The molecule has 3 aliphatic carbocycles. The van der Waals surface area contributed by atoms with E-state index < -0.39 is 19.5 Å². The van der Waals surface area contributed by atoms with Crippen LogP contribution in [0.4, 0.5) is 5.69 Å². The average molecular weight is 771 g/mol. The van der Waals surface area contributed by atoms with Crippen molar-refractivity contribution in [3.05, 3.63) is 47.0 Å². The van der Waals surface area contributed by atoms with Gasteiger partial charge in [0.1, 0.15) is 17.1 Å². The number of aromatic hydroxyl groups is 1. The highest BCUT2D eigenvalue weighted by Gasteiger charge is 2.55. The second-order valence-electron chi connectivity index (χ2n) is 15.7. The molecule has 0 bridgehead atoms. The van der Waals surface area contributed by atoms with Gasteiger partial charge >= 0.3 is 7.82 Å². The van der Waals surface area contributed by atoms with E-state index in [-0.39, 0.29) is 47.5 Å². The third-order valence-corrected chi connectivity index (χ3v) is 13.7. The molecule has 4 N–H and O–H groups in total. The molecule has 3 aliphatic rings. The van der Waals surface area contributed by atoms with Crippen molar-refractivity contribution >= 4 is 25.3 Å². The Morgan fingerprint density at radius 2 is 1.67 bits per heavy atom. The van der Waals surface area contributed by atoms with E-state index >= 15 is 0 Å². The highest BCUT2D eigenvalue weighted by Crippen LogP contribution is 2.62. The van der Waals surface area contributed by atoms with Gasteiger partial charge in [-0.2, -0.15) is 0 Å². The Morgan fingerprint density at radius 1 is 0.944 bits per heavy atom. The number of carbonyl (C=O) groups excluding carboxylic acids is 2. The molecular formula is C42H63N2O9P. The van der Waals surface area contributed by atoms with E-state index in [0.29, 0.717) is 30.1 Å². The minimum Gasteiger partial charge on any atom is -0.505 e. The largest absolute Gasteiger partial charge is 0.529 e. The maximum absolute atomic E-state index is 13.3. The number of phosphoric acid groups is 1. The fourth-order valence-electron chi connectivity index (χ4n) is 9.44. The zero-order chi connectivity index (χ0) is 38.7. The fourth-order valence-corrected chi connectivity index (χ4v) is 10.4. The number of methoxy groups -OCH3 is 1. The van der Waals surface area contributed by atoms with Crippen LogP contribution in [0.3, 0.4) is 0 Å². The van der Waals surface area contributed by atoms with E-state index in [1.54, 1.807) is 0 Å². The van der Waals surface area contributed by atoms with Crippen LogP contribution >= 0.6 is 7.82 Å². The van der Waals surface area contributed by atoms with Crippen LogP contribution in [0.2, 0.25) is 0 Å². The smallest absolute Gasteiger partial charge is 0.505 e. The number of aryl methyl sites for hydroxylation is 1. The van der Waals surface area contributed by atoms with Gasteiger partial charge in [-0.3, -0.25) is 18.6 Å². The normalized spacial score (nSPS) is 24.1. The van der Waals surface area contributed by atoms with Gasteiger partial charge in [0.2, 0.25) is 5.91 Å². The van der Waals surface area contributed by atoms with Crippen molar-refractivity contribution in [3.8, 4) is 17.2 Å². The van der Waals surface area contributed by atoms with Gasteiger partial charge in [-0.25, -0.2) is 4.57 Å². The molecule has 2 aromatic rings. The van der Waals surface area contributed by atoms with Gasteiger partial charge < -0.3 is 30.2 Å². The second-order valence-corrected chi connectivity index (χ2v) is 17.4. The standard InChI is InChI=1S/C42H63N2O9P/c1-5-6-7-8-9-10-11-12-13-14-26-52-54(48,50-4)53-30-16-18-31-29(28-30)15-17-33-32(31)23-25-42(2)34(33)19-22-37(42)51-27-24-38(45)44-35-20-21-36(49-3)39(40(35)46)41(43)47/h16,18,20-21,28,32-34,37,46H,5-15,17,19,22-27H2,1-4H3,(H2,43,47)(H,44,45). The number of phenols is 1. The summed E-state index contributed by atoms with van der Waals surface area (Å²) in [6.07, 6.45) is 18.5. The number of nitrogens with one attached hydrogen (secondary N) is 1. The molecule has 5 rings (SSSR count). The topological polar surface area (TPSA) is 156 Å². The minimum absolute atomic E-state index is 0.0273. The van der Waals surface area contributed by atoms with Crippen LogP contribution in [-0.4, -0.2) is 50.5 Å². The van der Waals surface area contributed by atoms with Crippen LogP contribution in [0.25, 0.3) is 0 Å². The number of primary amides is 1. The first-order valence-corrected chi connectivity index (χ1v) is 21.7. The Balaban J connectivity index is 1.08. The van der Waals surface area contributed by atoms with E-state index in [0.717, 1.165) is 57.8 Å². The van der Waals surface area contributed by atoms with Crippen molar-refractivity contribution in [2.75, 3.05) is 32.8 Å². The van der Waals surface area contributed by atoms with Crippen molar-refractivity contribution in [3.63, 3.8) is 0 Å². The summed E-state index contributed by atoms with van der Waals surface area (Å²) in [6, 6.07) is 9.05. The van der Waals surface area contributed by atoms with Crippen LogP contribution in [0, 0.1) is 17.3 Å². The first kappa shape index (κ1) is 42.0. The van der Waals surface area contributed by atoms with E-state index in [4.69, 9.17) is 28.8 Å². The second kappa shape index (κ2) is 19.7. The van der Waals surface area contributed by atoms with Gasteiger partial charge in [0.05, 0.1) is 38.5 Å². The van der Waals surface area contributed by atoms with Crippen LogP contribution in [0.5, 0.6) is 17.2 Å². The van der Waals surface area contributed by atoms with Crippen molar-refractivity contribution < 1.29 is 42.3 Å². The lowest BCUT2D eigenvalue weighted by molar-refractivity contribution is -0.119. The molecule has 0 aliphatic heterocycles. The average Bonchev–Trinajstić information content (AvgIpc) is 3.50. The summed E-state index contributed by atoms with van der Waals surface area (Å²) in [7, 11) is -0.960. The van der Waals surface area contributed by atoms with Gasteiger partial charge in [0.25, 0.3) is 5.91 Å². The number of carbonyl (C=O) groups is 2. The highest BCUT2D eigenvalue weighted by molar-refractivity contribution is 7.48. The SMILES string of the molecule is CCCCCCCCCCCCOP(=O)(OC)Oc1ccc2c(c1)CCC1C2CCC2(C)C(OCCC(=O)Nc3ccc(OC)c(C(N)=O)c3O)CCC12. The number of rotatable bonds is 22. The van der Waals surface area contributed by atoms with E-state index in [2.05, 4.69) is 25.2 Å².